The molecule has 1 heterocycles. The lowest BCUT2D eigenvalue weighted by Crippen LogP contribution is -2.19. The summed E-state index contributed by atoms with van der Waals surface area (Å²) in [5.41, 5.74) is 1.74. The van der Waals surface area contributed by atoms with Crippen molar-refractivity contribution in [1.82, 2.24) is 4.57 Å². The van der Waals surface area contributed by atoms with E-state index in [1.807, 2.05) is 35.0 Å². The van der Waals surface area contributed by atoms with Gasteiger partial charge in [0.1, 0.15) is 0 Å². The van der Waals surface area contributed by atoms with Gasteiger partial charge in [0.25, 0.3) is 0 Å². The van der Waals surface area contributed by atoms with Gasteiger partial charge in [0.05, 0.1) is 18.2 Å². The molecule has 2 aromatic rings. The van der Waals surface area contributed by atoms with Gasteiger partial charge in [-0.1, -0.05) is 0 Å². The molecule has 0 saturated heterocycles. The van der Waals surface area contributed by atoms with Gasteiger partial charge < -0.3 is 14.0 Å². The Kier molecular flexibility index (Phi) is 3.43. The third kappa shape index (κ3) is 2.31. The van der Waals surface area contributed by atoms with Crippen molar-refractivity contribution in [2.24, 2.45) is 0 Å². The highest BCUT2D eigenvalue weighted by Crippen LogP contribution is 2.18. The molecule has 1 aromatic heterocycles. The second-order valence-corrected chi connectivity index (χ2v) is 3.75. The molecule has 0 spiro atoms. The molecule has 88 valence electrons. The van der Waals surface area contributed by atoms with E-state index in [9.17, 15) is 0 Å². The average molecular weight is 230 g/mol. The van der Waals surface area contributed by atoms with E-state index in [0.717, 1.165) is 10.9 Å². The van der Waals surface area contributed by atoms with Crippen LogP contribution in [0.15, 0.2) is 30.5 Å². The van der Waals surface area contributed by atoms with Crippen LogP contribution in [-0.4, -0.2) is 25.1 Å². The van der Waals surface area contributed by atoms with Crippen LogP contribution in [0, 0.1) is 11.3 Å². The Hall–Kier alpha value is -1.83. The molecule has 0 bridgehead atoms. The van der Waals surface area contributed by atoms with E-state index in [0.29, 0.717) is 12.1 Å². The lowest BCUT2D eigenvalue weighted by molar-refractivity contribution is -0.110. The molecule has 0 N–H and O–H groups in total. The molecule has 0 aliphatic carbocycles. The van der Waals surface area contributed by atoms with E-state index in [1.54, 1.807) is 14.2 Å². The molecule has 17 heavy (non-hydrogen) atoms. The second kappa shape index (κ2) is 5.00. The Bertz CT molecular complexity index is 550. The normalized spacial score (nSPS) is 10.9. The Morgan fingerprint density at radius 2 is 2.06 bits per heavy atom. The number of fused-ring (bicyclic) bond motifs is 1. The van der Waals surface area contributed by atoms with Gasteiger partial charge in [0.15, 0.2) is 6.29 Å². The first-order chi connectivity index (χ1) is 8.28. The van der Waals surface area contributed by atoms with Gasteiger partial charge in [-0.25, -0.2) is 0 Å². The molecule has 0 radical (unpaired) electrons. The number of hydrogen-bond acceptors (Lipinski definition) is 3. The summed E-state index contributed by atoms with van der Waals surface area (Å²) in [7, 11) is 3.24. The molecular weight excluding hydrogens is 216 g/mol. The summed E-state index contributed by atoms with van der Waals surface area (Å²) in [6, 6.07) is 9.75. The molecule has 0 aliphatic heterocycles. The highest BCUT2D eigenvalue weighted by molar-refractivity contribution is 5.81. The zero-order valence-corrected chi connectivity index (χ0v) is 9.88. The Morgan fingerprint density at radius 3 is 2.71 bits per heavy atom. The molecule has 2 rings (SSSR count). The van der Waals surface area contributed by atoms with Crippen molar-refractivity contribution < 1.29 is 9.47 Å². The first-order valence-corrected chi connectivity index (χ1v) is 5.33. The third-order valence-electron chi connectivity index (χ3n) is 2.77. The predicted octanol–water partition coefficient (Wildman–Crippen LogP) is 2.13. The van der Waals surface area contributed by atoms with Gasteiger partial charge in [0, 0.05) is 31.3 Å². The van der Waals surface area contributed by atoms with Crippen LogP contribution in [0.3, 0.4) is 0 Å². The van der Waals surface area contributed by atoms with Crippen molar-refractivity contribution in [1.29, 1.82) is 5.26 Å². The number of rotatable bonds is 4. The van der Waals surface area contributed by atoms with Crippen LogP contribution < -0.4 is 0 Å². The average Bonchev–Trinajstić information content (AvgIpc) is 2.78. The van der Waals surface area contributed by atoms with Crippen LogP contribution in [0.1, 0.15) is 5.56 Å². The fourth-order valence-corrected chi connectivity index (χ4v) is 1.83. The highest BCUT2D eigenvalue weighted by Gasteiger charge is 2.08. The molecule has 4 heteroatoms. The summed E-state index contributed by atoms with van der Waals surface area (Å²) in [5.74, 6) is 0. The fraction of sp³-hybridized carbons (Fsp3) is 0.308. The fourth-order valence-electron chi connectivity index (χ4n) is 1.83. The quantitative estimate of drug-likeness (QED) is 0.756. The summed E-state index contributed by atoms with van der Waals surface area (Å²) in [5, 5.41) is 9.88. The van der Waals surface area contributed by atoms with Crippen LogP contribution in [0.5, 0.6) is 0 Å². The zero-order chi connectivity index (χ0) is 12.3. The minimum atomic E-state index is -0.263. The van der Waals surface area contributed by atoms with E-state index >= 15 is 0 Å². The maximum absolute atomic E-state index is 8.83. The lowest BCUT2D eigenvalue weighted by Gasteiger charge is -2.14. The highest BCUT2D eigenvalue weighted by atomic mass is 16.7. The van der Waals surface area contributed by atoms with Crippen molar-refractivity contribution in [3.8, 4) is 6.07 Å². The monoisotopic (exact) mass is 230 g/mol. The number of hydrogen-bond donors (Lipinski definition) is 0. The first-order valence-electron chi connectivity index (χ1n) is 5.33. The number of ether oxygens (including phenoxy) is 2. The zero-order valence-electron chi connectivity index (χ0n) is 9.88. The van der Waals surface area contributed by atoms with Gasteiger partial charge in [-0.3, -0.25) is 0 Å². The SMILES string of the molecule is COC(Cn1ccc2cc(C#N)ccc21)OC. The third-order valence-corrected chi connectivity index (χ3v) is 2.77. The standard InChI is InChI=1S/C13H14N2O2/c1-16-13(17-2)9-15-6-5-11-7-10(8-14)3-4-12(11)15/h3-7,13H,9H2,1-2H3. The minimum absolute atomic E-state index is 0.263. The smallest absolute Gasteiger partial charge is 0.174 e. The number of benzene rings is 1. The maximum Gasteiger partial charge on any atom is 0.174 e. The number of methoxy groups -OCH3 is 2. The van der Waals surface area contributed by atoms with Crippen molar-refractivity contribution in [2.45, 2.75) is 12.8 Å². The van der Waals surface area contributed by atoms with Crippen LogP contribution >= 0.6 is 0 Å². The lowest BCUT2D eigenvalue weighted by atomic mass is 10.2. The van der Waals surface area contributed by atoms with Crippen molar-refractivity contribution in [2.75, 3.05) is 14.2 Å². The van der Waals surface area contributed by atoms with Gasteiger partial charge in [-0.05, 0) is 24.3 Å². The molecule has 1 aromatic carbocycles. The van der Waals surface area contributed by atoms with Gasteiger partial charge >= 0.3 is 0 Å². The van der Waals surface area contributed by atoms with Crippen LogP contribution in [0.25, 0.3) is 10.9 Å². The molecular formula is C13H14N2O2. The topological polar surface area (TPSA) is 47.2 Å². The molecule has 4 nitrogen and oxygen atoms in total. The molecule has 0 amide bonds. The minimum Gasteiger partial charge on any atom is -0.354 e. The van der Waals surface area contributed by atoms with Gasteiger partial charge in [-0.2, -0.15) is 5.26 Å². The van der Waals surface area contributed by atoms with Crippen molar-refractivity contribution >= 4 is 10.9 Å². The summed E-state index contributed by atoms with van der Waals surface area (Å²) in [4.78, 5) is 0. The largest absolute Gasteiger partial charge is 0.354 e. The van der Waals surface area contributed by atoms with E-state index in [4.69, 9.17) is 14.7 Å². The van der Waals surface area contributed by atoms with Gasteiger partial charge in [0.2, 0.25) is 0 Å². The predicted molar refractivity (Wildman–Crippen MR) is 64.5 cm³/mol. The Balaban J connectivity index is 2.34. The van der Waals surface area contributed by atoms with Crippen molar-refractivity contribution in [3.63, 3.8) is 0 Å². The number of aromatic nitrogens is 1. The summed E-state index contributed by atoms with van der Waals surface area (Å²) in [6.07, 6.45) is 1.71. The van der Waals surface area contributed by atoms with Gasteiger partial charge in [-0.15, -0.1) is 0 Å². The maximum atomic E-state index is 8.83. The summed E-state index contributed by atoms with van der Waals surface area (Å²) in [6.45, 7) is 0.627. The Morgan fingerprint density at radius 1 is 1.29 bits per heavy atom. The van der Waals surface area contributed by atoms with Crippen LogP contribution in [-0.2, 0) is 16.0 Å². The first kappa shape index (κ1) is 11.6. The van der Waals surface area contributed by atoms with Crippen LogP contribution in [0.2, 0.25) is 0 Å². The van der Waals surface area contributed by atoms with Crippen molar-refractivity contribution in [3.05, 3.63) is 36.0 Å². The number of nitrogens with zero attached hydrogens (tertiary/aromatic N) is 2. The molecule has 0 atom stereocenters. The van der Waals surface area contributed by atoms with Crippen LogP contribution in [0.4, 0.5) is 0 Å². The summed E-state index contributed by atoms with van der Waals surface area (Å²) < 4.78 is 12.4. The summed E-state index contributed by atoms with van der Waals surface area (Å²) >= 11 is 0. The van der Waals surface area contributed by atoms with E-state index < -0.39 is 0 Å². The van der Waals surface area contributed by atoms with E-state index in [2.05, 4.69) is 6.07 Å². The van der Waals surface area contributed by atoms with E-state index in [1.165, 1.54) is 0 Å². The Labute approximate surface area is 100.0 Å². The molecule has 0 fully saturated rings. The van der Waals surface area contributed by atoms with E-state index in [-0.39, 0.29) is 6.29 Å². The second-order valence-electron chi connectivity index (χ2n) is 3.75. The molecule has 0 aliphatic rings. The molecule has 0 unspecified atom stereocenters. The number of nitriles is 1. The molecule has 0 saturated carbocycles.